The fourth-order valence-corrected chi connectivity index (χ4v) is 3.67. The Morgan fingerprint density at radius 1 is 1.24 bits per heavy atom. The Kier molecular flexibility index (Phi) is 5.48. The van der Waals surface area contributed by atoms with Gasteiger partial charge in [-0.15, -0.1) is 0 Å². The molecule has 2 aromatic rings. The highest BCUT2D eigenvalue weighted by Crippen LogP contribution is 2.25. The van der Waals surface area contributed by atoms with Gasteiger partial charge in [0, 0.05) is 18.1 Å². The minimum atomic E-state index is 0.126. The molecule has 0 aliphatic carbocycles. The Morgan fingerprint density at radius 3 is 2.60 bits per heavy atom. The molecule has 1 aromatic carbocycles. The standard InChI is InChI=1S/C20H26ClN3O/c1-14(2)12-18-19(20(25)23-10-5-4-6-11-23)15(3)24(22-18)17-9-7-8-16(21)13-17/h7-9,13-14H,4-6,10-12H2,1-3H3. The van der Waals surface area contributed by atoms with E-state index in [-0.39, 0.29) is 5.91 Å². The molecule has 0 radical (unpaired) electrons. The quantitative estimate of drug-likeness (QED) is 0.796. The van der Waals surface area contributed by atoms with Gasteiger partial charge in [0.2, 0.25) is 0 Å². The second-order valence-electron chi connectivity index (χ2n) is 7.25. The van der Waals surface area contributed by atoms with Gasteiger partial charge in [0.25, 0.3) is 5.91 Å². The molecule has 0 atom stereocenters. The molecule has 134 valence electrons. The van der Waals surface area contributed by atoms with Crippen molar-refractivity contribution in [2.45, 2.75) is 46.5 Å². The summed E-state index contributed by atoms with van der Waals surface area (Å²) in [5.74, 6) is 0.566. The highest BCUT2D eigenvalue weighted by molar-refractivity contribution is 6.30. The van der Waals surface area contributed by atoms with Crippen LogP contribution in [0.2, 0.25) is 5.02 Å². The minimum Gasteiger partial charge on any atom is -0.339 e. The van der Waals surface area contributed by atoms with Crippen LogP contribution >= 0.6 is 11.6 Å². The Hall–Kier alpha value is -1.81. The molecule has 5 heteroatoms. The first-order valence-electron chi connectivity index (χ1n) is 9.11. The summed E-state index contributed by atoms with van der Waals surface area (Å²) >= 11 is 6.15. The van der Waals surface area contributed by atoms with Crippen LogP contribution in [0.15, 0.2) is 24.3 Å². The van der Waals surface area contributed by atoms with Crippen LogP contribution in [0.1, 0.15) is 54.9 Å². The molecule has 3 rings (SSSR count). The average Bonchev–Trinajstić information content (AvgIpc) is 2.90. The maximum Gasteiger partial charge on any atom is 0.257 e. The summed E-state index contributed by atoms with van der Waals surface area (Å²) in [6.07, 6.45) is 4.19. The molecule has 0 unspecified atom stereocenters. The molecule has 25 heavy (non-hydrogen) atoms. The number of benzene rings is 1. The SMILES string of the molecule is Cc1c(C(=O)N2CCCCC2)c(CC(C)C)nn1-c1cccc(Cl)c1. The van der Waals surface area contributed by atoms with Gasteiger partial charge >= 0.3 is 0 Å². The molecule has 0 spiro atoms. The zero-order valence-electron chi connectivity index (χ0n) is 15.3. The summed E-state index contributed by atoms with van der Waals surface area (Å²) in [6.45, 7) is 7.99. The van der Waals surface area contributed by atoms with E-state index >= 15 is 0 Å². The first kappa shape index (κ1) is 18.0. The number of halogens is 1. The van der Waals surface area contributed by atoms with Crippen molar-refractivity contribution in [2.24, 2.45) is 5.92 Å². The second kappa shape index (κ2) is 7.61. The number of carbonyl (C=O) groups excluding carboxylic acids is 1. The average molecular weight is 360 g/mol. The number of carbonyl (C=O) groups is 1. The van der Waals surface area contributed by atoms with Crippen molar-refractivity contribution < 1.29 is 4.79 Å². The first-order chi connectivity index (χ1) is 12.0. The fraction of sp³-hybridized carbons (Fsp3) is 0.500. The Morgan fingerprint density at radius 2 is 1.96 bits per heavy atom. The number of amides is 1. The van der Waals surface area contributed by atoms with Gasteiger partial charge in [-0.1, -0.05) is 31.5 Å². The summed E-state index contributed by atoms with van der Waals surface area (Å²) in [4.78, 5) is 15.2. The smallest absolute Gasteiger partial charge is 0.257 e. The number of hydrogen-bond acceptors (Lipinski definition) is 2. The van der Waals surface area contributed by atoms with Crippen molar-refractivity contribution in [1.29, 1.82) is 0 Å². The van der Waals surface area contributed by atoms with Crippen molar-refractivity contribution in [3.63, 3.8) is 0 Å². The molecule has 1 amide bonds. The van der Waals surface area contributed by atoms with Crippen molar-refractivity contribution in [2.75, 3.05) is 13.1 Å². The molecular formula is C20H26ClN3O. The highest BCUT2D eigenvalue weighted by Gasteiger charge is 2.27. The summed E-state index contributed by atoms with van der Waals surface area (Å²) < 4.78 is 1.86. The lowest BCUT2D eigenvalue weighted by Gasteiger charge is -2.27. The number of aromatic nitrogens is 2. The van der Waals surface area contributed by atoms with Crippen LogP contribution in [0.25, 0.3) is 5.69 Å². The van der Waals surface area contributed by atoms with Crippen molar-refractivity contribution >= 4 is 17.5 Å². The zero-order chi connectivity index (χ0) is 18.0. The molecular weight excluding hydrogens is 334 g/mol. The van der Waals surface area contributed by atoms with Crippen molar-refractivity contribution in [3.8, 4) is 5.69 Å². The van der Waals surface area contributed by atoms with E-state index in [1.54, 1.807) is 0 Å². The minimum absolute atomic E-state index is 0.126. The lowest BCUT2D eigenvalue weighted by molar-refractivity contribution is 0.0722. The van der Waals surface area contributed by atoms with Gasteiger partial charge < -0.3 is 4.90 Å². The molecule has 1 aliphatic heterocycles. The monoisotopic (exact) mass is 359 g/mol. The summed E-state index contributed by atoms with van der Waals surface area (Å²) in [5.41, 5.74) is 3.46. The summed E-state index contributed by atoms with van der Waals surface area (Å²) in [6, 6.07) is 7.61. The third-order valence-corrected chi connectivity index (χ3v) is 4.94. The molecule has 4 nitrogen and oxygen atoms in total. The molecule has 1 aliphatic rings. The Balaban J connectivity index is 2.04. The van der Waals surface area contributed by atoms with Gasteiger partial charge in [-0.3, -0.25) is 4.79 Å². The number of piperidine rings is 1. The van der Waals surface area contributed by atoms with Gasteiger partial charge in [-0.05, 0) is 56.7 Å². The third kappa shape index (κ3) is 3.90. The van der Waals surface area contributed by atoms with E-state index in [9.17, 15) is 4.79 Å². The van der Waals surface area contributed by atoms with Gasteiger partial charge in [0.1, 0.15) is 0 Å². The van der Waals surface area contributed by atoms with Crippen LogP contribution in [0, 0.1) is 12.8 Å². The van der Waals surface area contributed by atoms with Gasteiger partial charge in [-0.2, -0.15) is 5.10 Å². The molecule has 1 saturated heterocycles. The van der Waals surface area contributed by atoms with E-state index in [2.05, 4.69) is 13.8 Å². The fourth-order valence-electron chi connectivity index (χ4n) is 3.48. The topological polar surface area (TPSA) is 38.1 Å². The van der Waals surface area contributed by atoms with E-state index in [0.29, 0.717) is 10.9 Å². The summed E-state index contributed by atoms with van der Waals surface area (Å²) in [7, 11) is 0. The number of likely N-dealkylation sites (tertiary alicyclic amines) is 1. The lowest BCUT2D eigenvalue weighted by Crippen LogP contribution is -2.36. The molecule has 1 aromatic heterocycles. The lowest BCUT2D eigenvalue weighted by atomic mass is 10.0. The van der Waals surface area contributed by atoms with E-state index in [4.69, 9.17) is 16.7 Å². The molecule has 0 bridgehead atoms. The first-order valence-corrected chi connectivity index (χ1v) is 9.49. The maximum atomic E-state index is 13.2. The zero-order valence-corrected chi connectivity index (χ0v) is 16.0. The van der Waals surface area contributed by atoms with Crippen molar-refractivity contribution in [3.05, 3.63) is 46.2 Å². The van der Waals surface area contributed by atoms with Crippen LogP contribution in [-0.2, 0) is 6.42 Å². The normalized spacial score (nSPS) is 15.0. The molecule has 2 heterocycles. The summed E-state index contributed by atoms with van der Waals surface area (Å²) in [5, 5.41) is 5.46. The number of nitrogens with zero attached hydrogens (tertiary/aromatic N) is 3. The predicted molar refractivity (Wildman–Crippen MR) is 102 cm³/mol. The third-order valence-electron chi connectivity index (χ3n) is 4.70. The van der Waals surface area contributed by atoms with Crippen molar-refractivity contribution in [1.82, 2.24) is 14.7 Å². The van der Waals surface area contributed by atoms with Gasteiger partial charge in [0.05, 0.1) is 22.6 Å². The second-order valence-corrected chi connectivity index (χ2v) is 7.69. The van der Waals surface area contributed by atoms with Gasteiger partial charge in [0.15, 0.2) is 0 Å². The maximum absolute atomic E-state index is 13.2. The largest absolute Gasteiger partial charge is 0.339 e. The van der Waals surface area contributed by atoms with E-state index < -0.39 is 0 Å². The van der Waals surface area contributed by atoms with Crippen LogP contribution in [-0.4, -0.2) is 33.7 Å². The van der Waals surface area contributed by atoms with E-state index in [1.807, 2.05) is 40.8 Å². The molecule has 0 saturated carbocycles. The Bertz CT molecular complexity index is 760. The molecule has 0 N–H and O–H groups in total. The number of rotatable bonds is 4. The predicted octanol–water partition coefficient (Wildman–Crippen LogP) is 4.66. The van der Waals surface area contributed by atoms with E-state index in [1.165, 1.54) is 6.42 Å². The van der Waals surface area contributed by atoms with Crippen LogP contribution < -0.4 is 0 Å². The van der Waals surface area contributed by atoms with Crippen LogP contribution in [0.5, 0.6) is 0 Å². The number of hydrogen-bond donors (Lipinski definition) is 0. The van der Waals surface area contributed by atoms with Crippen LogP contribution in [0.3, 0.4) is 0 Å². The molecule has 1 fully saturated rings. The van der Waals surface area contributed by atoms with E-state index in [0.717, 1.165) is 55.0 Å². The highest BCUT2D eigenvalue weighted by atomic mass is 35.5. The Labute approximate surface area is 154 Å². The van der Waals surface area contributed by atoms with Crippen LogP contribution in [0.4, 0.5) is 0 Å². The van der Waals surface area contributed by atoms with Gasteiger partial charge in [-0.25, -0.2) is 4.68 Å².